The summed E-state index contributed by atoms with van der Waals surface area (Å²) >= 11 is 6.16. The molecular formula is C17H22ClFN4. The molecule has 2 N–H and O–H groups in total. The fourth-order valence-corrected chi connectivity index (χ4v) is 3.38. The highest BCUT2D eigenvalue weighted by molar-refractivity contribution is 6.33. The van der Waals surface area contributed by atoms with Gasteiger partial charge in [-0.3, -0.25) is 0 Å². The molecule has 0 atom stereocenters. The van der Waals surface area contributed by atoms with E-state index in [1.165, 1.54) is 18.9 Å². The topological polar surface area (TPSA) is 56.7 Å². The first-order valence-corrected chi connectivity index (χ1v) is 8.37. The van der Waals surface area contributed by atoms with E-state index in [1.807, 2.05) is 4.68 Å². The van der Waals surface area contributed by atoms with Crippen LogP contribution in [0.3, 0.4) is 0 Å². The summed E-state index contributed by atoms with van der Waals surface area (Å²) in [5.41, 5.74) is 7.02. The summed E-state index contributed by atoms with van der Waals surface area (Å²) in [4.78, 5) is 4.37. The second-order valence-corrected chi connectivity index (χ2v) is 7.48. The summed E-state index contributed by atoms with van der Waals surface area (Å²) in [5.74, 6) is 0.129. The van der Waals surface area contributed by atoms with Crippen LogP contribution in [0.4, 0.5) is 4.39 Å². The van der Waals surface area contributed by atoms with Gasteiger partial charge in [0.2, 0.25) is 0 Å². The van der Waals surface area contributed by atoms with E-state index in [-0.39, 0.29) is 6.54 Å². The van der Waals surface area contributed by atoms with Gasteiger partial charge in [-0.15, -0.1) is 0 Å². The van der Waals surface area contributed by atoms with Gasteiger partial charge < -0.3 is 5.73 Å². The van der Waals surface area contributed by atoms with Crippen molar-refractivity contribution in [3.63, 3.8) is 0 Å². The van der Waals surface area contributed by atoms with Crippen molar-refractivity contribution in [1.29, 1.82) is 0 Å². The maximum Gasteiger partial charge on any atom is 0.182 e. The number of benzene rings is 1. The van der Waals surface area contributed by atoms with E-state index >= 15 is 0 Å². The maximum absolute atomic E-state index is 13.7. The minimum Gasteiger partial charge on any atom is -0.326 e. The van der Waals surface area contributed by atoms with Crippen molar-refractivity contribution in [2.45, 2.75) is 52.1 Å². The molecule has 1 fully saturated rings. The van der Waals surface area contributed by atoms with E-state index in [4.69, 9.17) is 17.3 Å². The van der Waals surface area contributed by atoms with Crippen LogP contribution in [-0.4, -0.2) is 14.8 Å². The first-order chi connectivity index (χ1) is 10.9. The Morgan fingerprint density at radius 3 is 2.70 bits per heavy atom. The molecule has 0 radical (unpaired) electrons. The lowest BCUT2D eigenvalue weighted by molar-refractivity contribution is 0.186. The SMILES string of the molecule is CC1(C)CCC(n2cnc(-c3cc(CN)c(F)cc3Cl)n2)CC1. The molecule has 0 spiro atoms. The Morgan fingerprint density at radius 1 is 1.35 bits per heavy atom. The molecule has 23 heavy (non-hydrogen) atoms. The number of halogens is 2. The Morgan fingerprint density at radius 2 is 2.04 bits per heavy atom. The van der Waals surface area contributed by atoms with Crippen molar-refractivity contribution in [3.8, 4) is 11.4 Å². The average molecular weight is 337 g/mol. The Hall–Kier alpha value is -1.46. The molecule has 0 amide bonds. The third-order valence-corrected chi connectivity index (χ3v) is 5.10. The molecule has 1 aromatic carbocycles. The zero-order valence-electron chi connectivity index (χ0n) is 13.5. The van der Waals surface area contributed by atoms with Crippen molar-refractivity contribution >= 4 is 11.6 Å². The van der Waals surface area contributed by atoms with Crippen LogP contribution in [0.25, 0.3) is 11.4 Å². The summed E-state index contributed by atoms with van der Waals surface area (Å²) in [5, 5.41) is 4.88. The molecule has 1 saturated carbocycles. The molecule has 1 aliphatic carbocycles. The van der Waals surface area contributed by atoms with Crippen molar-refractivity contribution in [1.82, 2.24) is 14.8 Å². The zero-order valence-corrected chi connectivity index (χ0v) is 14.3. The lowest BCUT2D eigenvalue weighted by Crippen LogP contribution is -2.23. The first-order valence-electron chi connectivity index (χ1n) is 7.99. The third kappa shape index (κ3) is 3.40. The highest BCUT2D eigenvalue weighted by Gasteiger charge is 2.28. The van der Waals surface area contributed by atoms with E-state index in [9.17, 15) is 4.39 Å². The van der Waals surface area contributed by atoms with Crippen molar-refractivity contribution in [3.05, 3.63) is 34.9 Å². The maximum atomic E-state index is 13.7. The lowest BCUT2D eigenvalue weighted by Gasteiger charge is -2.34. The van der Waals surface area contributed by atoms with Gasteiger partial charge in [-0.05, 0) is 43.2 Å². The quantitative estimate of drug-likeness (QED) is 0.907. The van der Waals surface area contributed by atoms with Crippen molar-refractivity contribution < 1.29 is 4.39 Å². The number of hydrogen-bond donors (Lipinski definition) is 1. The predicted molar refractivity (Wildman–Crippen MR) is 89.6 cm³/mol. The van der Waals surface area contributed by atoms with Crippen LogP contribution in [0.2, 0.25) is 5.02 Å². The van der Waals surface area contributed by atoms with Gasteiger partial charge in [0.25, 0.3) is 0 Å². The molecule has 0 bridgehead atoms. The van der Waals surface area contributed by atoms with Crippen LogP contribution in [0.1, 0.15) is 51.1 Å². The van der Waals surface area contributed by atoms with E-state index in [0.29, 0.717) is 33.4 Å². The van der Waals surface area contributed by atoms with Gasteiger partial charge in [-0.2, -0.15) is 5.10 Å². The number of aromatic nitrogens is 3. The lowest BCUT2D eigenvalue weighted by atomic mass is 9.76. The molecule has 4 nitrogen and oxygen atoms in total. The second kappa shape index (κ2) is 6.21. The van der Waals surface area contributed by atoms with Crippen LogP contribution >= 0.6 is 11.6 Å². The molecule has 0 aliphatic heterocycles. The number of hydrogen-bond acceptors (Lipinski definition) is 3. The van der Waals surface area contributed by atoms with Gasteiger partial charge >= 0.3 is 0 Å². The van der Waals surface area contributed by atoms with Gasteiger partial charge in [0.15, 0.2) is 5.82 Å². The van der Waals surface area contributed by atoms with Gasteiger partial charge in [0.1, 0.15) is 12.1 Å². The summed E-state index contributed by atoms with van der Waals surface area (Å²) in [6.45, 7) is 4.74. The Balaban J connectivity index is 1.85. The highest BCUT2D eigenvalue weighted by Crippen LogP contribution is 2.40. The Labute approximate surface area is 140 Å². The minimum absolute atomic E-state index is 0.119. The summed E-state index contributed by atoms with van der Waals surface area (Å²) in [6, 6.07) is 3.29. The monoisotopic (exact) mass is 336 g/mol. The molecule has 0 saturated heterocycles. The standard InChI is InChI=1S/C17H22ClFN4/c1-17(2)5-3-12(4-6-17)23-10-21-16(22-23)13-7-11(9-20)15(19)8-14(13)18/h7-8,10,12H,3-6,9,20H2,1-2H3. The molecule has 1 heterocycles. The van der Waals surface area contributed by atoms with Crippen molar-refractivity contribution in [2.24, 2.45) is 11.1 Å². The van der Waals surface area contributed by atoms with Crippen LogP contribution < -0.4 is 5.73 Å². The third-order valence-electron chi connectivity index (χ3n) is 4.79. The van der Waals surface area contributed by atoms with Crippen LogP contribution in [0.15, 0.2) is 18.5 Å². The smallest absolute Gasteiger partial charge is 0.182 e. The predicted octanol–water partition coefficient (Wildman–Crippen LogP) is 4.34. The fourth-order valence-electron chi connectivity index (χ4n) is 3.14. The van der Waals surface area contributed by atoms with Crippen LogP contribution in [0.5, 0.6) is 0 Å². The summed E-state index contributed by atoms with van der Waals surface area (Å²) in [7, 11) is 0. The molecule has 124 valence electrons. The molecule has 6 heteroatoms. The largest absolute Gasteiger partial charge is 0.326 e. The normalized spacial score (nSPS) is 18.3. The molecule has 2 aromatic rings. The molecular weight excluding hydrogens is 315 g/mol. The molecule has 1 aromatic heterocycles. The average Bonchev–Trinajstić information content (AvgIpc) is 2.97. The molecule has 3 rings (SSSR count). The van der Waals surface area contributed by atoms with Crippen LogP contribution in [0, 0.1) is 11.2 Å². The Kier molecular flexibility index (Phi) is 4.43. The van der Waals surface area contributed by atoms with E-state index < -0.39 is 5.82 Å². The van der Waals surface area contributed by atoms with Gasteiger partial charge in [0, 0.05) is 17.7 Å². The molecule has 1 aliphatic rings. The number of nitrogens with two attached hydrogens (primary N) is 1. The van der Waals surface area contributed by atoms with E-state index in [1.54, 1.807) is 12.4 Å². The second-order valence-electron chi connectivity index (χ2n) is 7.07. The minimum atomic E-state index is -0.393. The Bertz CT molecular complexity index is 701. The van der Waals surface area contributed by atoms with Gasteiger partial charge in [0.05, 0.1) is 11.1 Å². The summed E-state index contributed by atoms with van der Waals surface area (Å²) in [6.07, 6.45) is 6.31. The van der Waals surface area contributed by atoms with Crippen LogP contribution in [-0.2, 0) is 6.54 Å². The number of nitrogens with zero attached hydrogens (tertiary/aromatic N) is 3. The fraction of sp³-hybridized carbons (Fsp3) is 0.529. The van der Waals surface area contributed by atoms with E-state index in [0.717, 1.165) is 12.8 Å². The van der Waals surface area contributed by atoms with Gasteiger partial charge in [-0.25, -0.2) is 14.1 Å². The number of rotatable bonds is 3. The first kappa shape index (κ1) is 16.4. The van der Waals surface area contributed by atoms with Gasteiger partial charge in [-0.1, -0.05) is 25.4 Å². The molecule has 0 unspecified atom stereocenters. The van der Waals surface area contributed by atoms with E-state index in [2.05, 4.69) is 23.9 Å². The summed E-state index contributed by atoms with van der Waals surface area (Å²) < 4.78 is 15.6. The van der Waals surface area contributed by atoms with Crippen molar-refractivity contribution in [2.75, 3.05) is 0 Å². The zero-order chi connectivity index (χ0) is 16.6. The highest BCUT2D eigenvalue weighted by atomic mass is 35.5.